The quantitative estimate of drug-likeness (QED) is 0.853. The van der Waals surface area contributed by atoms with E-state index in [0.717, 1.165) is 34.0 Å². The van der Waals surface area contributed by atoms with Crippen LogP contribution in [0.3, 0.4) is 0 Å². The Balaban J connectivity index is 1.87. The van der Waals surface area contributed by atoms with Crippen LogP contribution in [0.5, 0.6) is 0 Å². The monoisotopic (exact) mass is 311 g/mol. The Morgan fingerprint density at radius 1 is 1.41 bits per heavy atom. The minimum atomic E-state index is 0.767. The number of rotatable bonds is 4. The van der Waals surface area contributed by atoms with Gasteiger partial charge in [0.1, 0.15) is 0 Å². The molecule has 5 heteroatoms. The number of hydrogen-bond acceptors (Lipinski definition) is 4. The van der Waals surface area contributed by atoms with Crippen molar-refractivity contribution in [2.75, 3.05) is 5.73 Å². The lowest BCUT2D eigenvalue weighted by Crippen LogP contribution is -2.13. The summed E-state index contributed by atoms with van der Waals surface area (Å²) in [5, 5.41) is 6.55. The number of nitrogens with zero attached hydrogens (tertiary/aromatic N) is 1. The molecule has 0 unspecified atom stereocenters. The van der Waals surface area contributed by atoms with Crippen LogP contribution in [0, 0.1) is 6.92 Å². The van der Waals surface area contributed by atoms with Gasteiger partial charge >= 0.3 is 0 Å². The van der Waals surface area contributed by atoms with Crippen LogP contribution < -0.4 is 11.1 Å². The molecule has 17 heavy (non-hydrogen) atoms. The van der Waals surface area contributed by atoms with Gasteiger partial charge < -0.3 is 11.1 Å². The summed E-state index contributed by atoms with van der Waals surface area (Å²) in [7, 11) is 0. The van der Waals surface area contributed by atoms with Crippen LogP contribution in [0.15, 0.2) is 28.1 Å². The normalized spacial score (nSPS) is 10.7. The number of anilines is 1. The Hall–Kier alpha value is -0.910. The van der Waals surface area contributed by atoms with E-state index in [0.29, 0.717) is 0 Å². The minimum absolute atomic E-state index is 0.767. The molecule has 0 atom stereocenters. The predicted octanol–water partition coefficient (Wildman–Crippen LogP) is 3.09. The molecule has 0 aliphatic rings. The van der Waals surface area contributed by atoms with Crippen LogP contribution in [0.4, 0.5) is 5.69 Å². The van der Waals surface area contributed by atoms with Crippen molar-refractivity contribution < 1.29 is 0 Å². The van der Waals surface area contributed by atoms with Gasteiger partial charge in [0.15, 0.2) is 0 Å². The van der Waals surface area contributed by atoms with Gasteiger partial charge in [-0.1, -0.05) is 6.07 Å². The van der Waals surface area contributed by atoms with Gasteiger partial charge in [0.2, 0.25) is 0 Å². The van der Waals surface area contributed by atoms with Crippen molar-refractivity contribution in [1.29, 1.82) is 0 Å². The van der Waals surface area contributed by atoms with E-state index >= 15 is 0 Å². The van der Waals surface area contributed by atoms with Crippen molar-refractivity contribution in [3.63, 3.8) is 0 Å². The molecular formula is C12H14BrN3S. The third kappa shape index (κ3) is 3.52. The predicted molar refractivity (Wildman–Crippen MR) is 75.9 cm³/mol. The number of nitrogens with two attached hydrogens (primary N) is 1. The molecule has 0 aliphatic heterocycles. The van der Waals surface area contributed by atoms with Crippen molar-refractivity contribution in [3.8, 4) is 0 Å². The maximum atomic E-state index is 5.74. The number of aryl methyl sites for hydroxylation is 1. The summed E-state index contributed by atoms with van der Waals surface area (Å²) >= 11 is 5.10. The number of nitrogen functional groups attached to an aromatic ring is 1. The molecule has 0 aliphatic carbocycles. The fourth-order valence-electron chi connectivity index (χ4n) is 1.50. The molecule has 0 saturated heterocycles. The first-order chi connectivity index (χ1) is 8.15. The molecule has 2 aromatic rings. The number of nitrogens with one attached hydrogen (secondary N) is 1. The van der Waals surface area contributed by atoms with Crippen LogP contribution in [-0.4, -0.2) is 4.98 Å². The van der Waals surface area contributed by atoms with E-state index in [4.69, 9.17) is 5.73 Å². The van der Waals surface area contributed by atoms with E-state index in [-0.39, 0.29) is 0 Å². The van der Waals surface area contributed by atoms with Gasteiger partial charge in [0.05, 0.1) is 10.7 Å². The number of benzene rings is 1. The fourth-order valence-corrected chi connectivity index (χ4v) is 2.54. The zero-order valence-electron chi connectivity index (χ0n) is 9.53. The molecule has 90 valence electrons. The molecule has 0 spiro atoms. The Morgan fingerprint density at radius 2 is 2.24 bits per heavy atom. The second-order valence-electron chi connectivity index (χ2n) is 3.82. The molecule has 0 fully saturated rings. The molecule has 0 radical (unpaired) electrons. The second-order valence-corrected chi connectivity index (χ2v) is 5.73. The molecule has 2 rings (SSSR count). The number of thiazole rings is 1. The smallest absolute Gasteiger partial charge is 0.0897 e. The Bertz CT molecular complexity index is 510. The third-order valence-electron chi connectivity index (χ3n) is 2.37. The van der Waals surface area contributed by atoms with E-state index < -0.39 is 0 Å². The Kier molecular flexibility index (Phi) is 4.15. The topological polar surface area (TPSA) is 50.9 Å². The van der Waals surface area contributed by atoms with Gasteiger partial charge in [-0.3, -0.25) is 0 Å². The summed E-state index contributed by atoms with van der Waals surface area (Å²) in [5.74, 6) is 0. The summed E-state index contributed by atoms with van der Waals surface area (Å²) in [4.78, 5) is 4.40. The number of hydrogen-bond donors (Lipinski definition) is 2. The summed E-state index contributed by atoms with van der Waals surface area (Å²) in [6.07, 6.45) is 0. The first-order valence-electron chi connectivity index (χ1n) is 5.31. The van der Waals surface area contributed by atoms with Crippen molar-refractivity contribution >= 4 is 33.0 Å². The molecule has 3 nitrogen and oxygen atoms in total. The lowest BCUT2D eigenvalue weighted by atomic mass is 10.2. The molecule has 1 aromatic heterocycles. The van der Waals surface area contributed by atoms with Gasteiger partial charge in [-0.15, -0.1) is 11.3 Å². The second kappa shape index (κ2) is 5.62. The lowest BCUT2D eigenvalue weighted by molar-refractivity contribution is 0.681. The zero-order chi connectivity index (χ0) is 12.3. The van der Waals surface area contributed by atoms with Crippen LogP contribution in [0.1, 0.15) is 16.3 Å². The molecular weight excluding hydrogens is 298 g/mol. The van der Waals surface area contributed by atoms with Crippen LogP contribution in [0.2, 0.25) is 0 Å². The highest BCUT2D eigenvalue weighted by molar-refractivity contribution is 9.10. The highest BCUT2D eigenvalue weighted by atomic mass is 79.9. The summed E-state index contributed by atoms with van der Waals surface area (Å²) in [6, 6.07) is 5.97. The largest absolute Gasteiger partial charge is 0.398 e. The van der Waals surface area contributed by atoms with Crippen molar-refractivity contribution in [1.82, 2.24) is 10.3 Å². The lowest BCUT2D eigenvalue weighted by Gasteiger charge is -2.05. The maximum Gasteiger partial charge on any atom is 0.0897 e. The fraction of sp³-hybridized carbons (Fsp3) is 0.250. The molecule has 0 amide bonds. The SMILES string of the molecule is Cc1nc(CNCc2ccc(N)c(Br)c2)cs1. The van der Waals surface area contributed by atoms with E-state index in [1.165, 1.54) is 5.56 Å². The van der Waals surface area contributed by atoms with Crippen LogP contribution >= 0.6 is 27.3 Å². The van der Waals surface area contributed by atoms with Gasteiger partial charge in [-0.25, -0.2) is 4.98 Å². The van der Waals surface area contributed by atoms with Gasteiger partial charge in [0, 0.05) is 28.6 Å². The van der Waals surface area contributed by atoms with Crippen LogP contribution in [0.25, 0.3) is 0 Å². The van der Waals surface area contributed by atoms with E-state index in [1.54, 1.807) is 11.3 Å². The van der Waals surface area contributed by atoms with E-state index in [2.05, 4.69) is 31.6 Å². The molecule has 3 N–H and O–H groups in total. The van der Waals surface area contributed by atoms with Gasteiger partial charge in [-0.2, -0.15) is 0 Å². The molecule has 0 bridgehead atoms. The average Bonchev–Trinajstić information content (AvgIpc) is 2.70. The van der Waals surface area contributed by atoms with E-state index in [1.807, 2.05) is 25.1 Å². The van der Waals surface area contributed by atoms with Gasteiger partial charge in [-0.05, 0) is 40.5 Å². The Labute approximate surface area is 113 Å². The van der Waals surface area contributed by atoms with Crippen molar-refractivity contribution in [2.24, 2.45) is 0 Å². The maximum absolute atomic E-state index is 5.74. The van der Waals surface area contributed by atoms with Crippen molar-refractivity contribution in [3.05, 3.63) is 44.3 Å². The summed E-state index contributed by atoms with van der Waals surface area (Å²) in [6.45, 7) is 3.63. The summed E-state index contributed by atoms with van der Waals surface area (Å²) in [5.41, 5.74) is 8.81. The third-order valence-corrected chi connectivity index (χ3v) is 3.88. The van der Waals surface area contributed by atoms with Crippen LogP contribution in [-0.2, 0) is 13.1 Å². The first kappa shape index (κ1) is 12.5. The van der Waals surface area contributed by atoms with E-state index in [9.17, 15) is 0 Å². The van der Waals surface area contributed by atoms with Gasteiger partial charge in [0.25, 0.3) is 0 Å². The first-order valence-corrected chi connectivity index (χ1v) is 6.98. The highest BCUT2D eigenvalue weighted by Gasteiger charge is 2.00. The highest BCUT2D eigenvalue weighted by Crippen LogP contribution is 2.20. The minimum Gasteiger partial charge on any atom is -0.398 e. The molecule has 1 aromatic carbocycles. The summed E-state index contributed by atoms with van der Waals surface area (Å²) < 4.78 is 0.946. The standard InChI is InChI=1S/C12H14BrN3S/c1-8-16-10(7-17-8)6-15-5-9-2-3-12(14)11(13)4-9/h2-4,7,15H,5-6,14H2,1H3. The molecule has 1 heterocycles. The Morgan fingerprint density at radius 3 is 2.88 bits per heavy atom. The molecule has 0 saturated carbocycles. The number of aromatic nitrogens is 1. The number of halogens is 1. The average molecular weight is 312 g/mol. The van der Waals surface area contributed by atoms with Crippen molar-refractivity contribution in [2.45, 2.75) is 20.0 Å². The zero-order valence-corrected chi connectivity index (χ0v) is 11.9.